The van der Waals surface area contributed by atoms with Gasteiger partial charge in [0.05, 0.1) is 19.8 Å². The van der Waals surface area contributed by atoms with E-state index in [4.69, 9.17) is 9.73 Å². The summed E-state index contributed by atoms with van der Waals surface area (Å²) in [7, 11) is 0. The minimum absolute atomic E-state index is 0.679. The molecule has 0 spiro atoms. The van der Waals surface area contributed by atoms with E-state index >= 15 is 0 Å². The van der Waals surface area contributed by atoms with Crippen molar-refractivity contribution in [2.75, 3.05) is 51.3 Å². The molecule has 0 atom stereocenters. The summed E-state index contributed by atoms with van der Waals surface area (Å²) in [5.41, 5.74) is 3.80. The van der Waals surface area contributed by atoms with E-state index in [9.17, 15) is 0 Å². The molecule has 0 unspecified atom stereocenters. The van der Waals surface area contributed by atoms with Crippen molar-refractivity contribution in [1.82, 2.24) is 15.5 Å². The predicted molar refractivity (Wildman–Crippen MR) is 125 cm³/mol. The maximum absolute atomic E-state index is 5.47. The molecule has 1 saturated heterocycles. The van der Waals surface area contributed by atoms with Gasteiger partial charge in [-0.3, -0.25) is 4.90 Å². The summed E-state index contributed by atoms with van der Waals surface area (Å²) in [6.45, 7) is 10.0. The van der Waals surface area contributed by atoms with Crippen molar-refractivity contribution in [2.24, 2.45) is 4.99 Å². The van der Waals surface area contributed by atoms with Gasteiger partial charge in [0.2, 0.25) is 0 Å². The van der Waals surface area contributed by atoms with E-state index in [-0.39, 0.29) is 0 Å². The molecule has 0 bridgehead atoms. The van der Waals surface area contributed by atoms with Crippen LogP contribution in [0, 0.1) is 0 Å². The fraction of sp³-hybridized carbons (Fsp3) is 0.458. The lowest BCUT2D eigenvalue weighted by Crippen LogP contribution is -2.38. The zero-order valence-electron chi connectivity index (χ0n) is 18.1. The van der Waals surface area contributed by atoms with Crippen LogP contribution in [0.15, 0.2) is 59.6 Å². The van der Waals surface area contributed by atoms with Gasteiger partial charge in [-0.2, -0.15) is 0 Å². The predicted octanol–water partition coefficient (Wildman–Crippen LogP) is 3.08. The summed E-state index contributed by atoms with van der Waals surface area (Å²) in [5, 5.41) is 10.2. The molecule has 0 aromatic heterocycles. The fourth-order valence-electron chi connectivity index (χ4n) is 3.46. The smallest absolute Gasteiger partial charge is 0.191 e. The van der Waals surface area contributed by atoms with Crippen molar-refractivity contribution in [3.8, 4) is 0 Å². The van der Waals surface area contributed by atoms with E-state index in [1.807, 2.05) is 18.2 Å². The second-order valence-electron chi connectivity index (χ2n) is 7.43. The van der Waals surface area contributed by atoms with Crippen LogP contribution in [0.2, 0.25) is 0 Å². The molecule has 162 valence electrons. The molecule has 6 heteroatoms. The molecule has 2 aromatic carbocycles. The minimum atomic E-state index is 0.679. The second kappa shape index (κ2) is 12.9. The van der Waals surface area contributed by atoms with E-state index in [2.05, 4.69) is 64.2 Å². The SMILES string of the molecule is CCNC(=NCc1ccccc1CN1CCOCC1)NCCCNc1ccccc1. The van der Waals surface area contributed by atoms with E-state index < -0.39 is 0 Å². The number of nitrogens with one attached hydrogen (secondary N) is 3. The molecule has 0 saturated carbocycles. The van der Waals surface area contributed by atoms with Crippen LogP contribution in [0.5, 0.6) is 0 Å². The average Bonchev–Trinajstić information content (AvgIpc) is 2.79. The van der Waals surface area contributed by atoms with Crippen LogP contribution in [0.3, 0.4) is 0 Å². The standard InChI is InChI=1S/C24H35N5O/c1-2-25-24(27-14-8-13-26-23-11-4-3-5-12-23)28-19-21-9-6-7-10-22(21)20-29-15-17-30-18-16-29/h3-7,9-12,26H,2,8,13-20H2,1H3,(H2,25,27,28). The third kappa shape index (κ3) is 7.69. The largest absolute Gasteiger partial charge is 0.385 e. The van der Waals surface area contributed by atoms with Crippen LogP contribution in [-0.2, 0) is 17.8 Å². The molecule has 1 heterocycles. The number of hydrogen-bond acceptors (Lipinski definition) is 4. The Morgan fingerprint density at radius 1 is 0.933 bits per heavy atom. The third-order valence-corrected chi connectivity index (χ3v) is 5.12. The number of benzene rings is 2. The Morgan fingerprint density at radius 3 is 2.43 bits per heavy atom. The number of hydrogen-bond donors (Lipinski definition) is 3. The molecule has 0 amide bonds. The van der Waals surface area contributed by atoms with Gasteiger partial charge in [0, 0.05) is 45.0 Å². The normalized spacial score (nSPS) is 15.0. The molecule has 3 rings (SSSR count). The van der Waals surface area contributed by atoms with Crippen LogP contribution in [0.25, 0.3) is 0 Å². The van der Waals surface area contributed by atoms with Crippen LogP contribution >= 0.6 is 0 Å². The van der Waals surface area contributed by atoms with Crippen molar-refractivity contribution in [3.63, 3.8) is 0 Å². The highest BCUT2D eigenvalue weighted by Gasteiger charge is 2.12. The maximum Gasteiger partial charge on any atom is 0.191 e. The molecular weight excluding hydrogens is 374 g/mol. The number of para-hydroxylation sites is 1. The summed E-state index contributed by atoms with van der Waals surface area (Å²) in [6, 6.07) is 18.9. The maximum atomic E-state index is 5.47. The number of guanidine groups is 1. The van der Waals surface area contributed by atoms with Crippen molar-refractivity contribution < 1.29 is 4.74 Å². The number of morpholine rings is 1. The first-order valence-corrected chi connectivity index (χ1v) is 11.0. The average molecular weight is 410 g/mol. The topological polar surface area (TPSA) is 60.9 Å². The Balaban J connectivity index is 1.47. The summed E-state index contributed by atoms with van der Waals surface area (Å²) in [4.78, 5) is 7.28. The molecule has 3 N–H and O–H groups in total. The second-order valence-corrected chi connectivity index (χ2v) is 7.43. The first kappa shape index (κ1) is 22.1. The Bertz CT molecular complexity index is 759. The molecule has 1 fully saturated rings. The number of nitrogens with zero attached hydrogens (tertiary/aromatic N) is 2. The Labute approximate surface area is 180 Å². The van der Waals surface area contributed by atoms with Gasteiger partial charge in [-0.15, -0.1) is 0 Å². The van der Waals surface area contributed by atoms with E-state index in [1.165, 1.54) is 11.1 Å². The van der Waals surface area contributed by atoms with Crippen LogP contribution < -0.4 is 16.0 Å². The monoisotopic (exact) mass is 409 g/mol. The first-order valence-electron chi connectivity index (χ1n) is 11.0. The summed E-state index contributed by atoms with van der Waals surface area (Å²) >= 11 is 0. The van der Waals surface area contributed by atoms with Gasteiger partial charge in [0.1, 0.15) is 0 Å². The summed E-state index contributed by atoms with van der Waals surface area (Å²) in [6.07, 6.45) is 1.02. The molecule has 2 aromatic rings. The van der Waals surface area contributed by atoms with Gasteiger partial charge in [-0.05, 0) is 36.6 Å². The molecule has 6 nitrogen and oxygen atoms in total. The zero-order chi connectivity index (χ0) is 20.9. The van der Waals surface area contributed by atoms with E-state index in [0.29, 0.717) is 6.54 Å². The van der Waals surface area contributed by atoms with Crippen molar-refractivity contribution >= 4 is 11.6 Å². The highest BCUT2D eigenvalue weighted by molar-refractivity contribution is 5.79. The van der Waals surface area contributed by atoms with E-state index in [0.717, 1.165) is 70.6 Å². The van der Waals surface area contributed by atoms with Gasteiger partial charge in [-0.25, -0.2) is 4.99 Å². The lowest BCUT2D eigenvalue weighted by atomic mass is 10.1. The van der Waals surface area contributed by atoms with Crippen molar-refractivity contribution in [1.29, 1.82) is 0 Å². The van der Waals surface area contributed by atoms with Crippen LogP contribution in [-0.4, -0.2) is 56.8 Å². The van der Waals surface area contributed by atoms with Gasteiger partial charge < -0.3 is 20.7 Å². The van der Waals surface area contributed by atoms with Crippen molar-refractivity contribution in [2.45, 2.75) is 26.4 Å². The molecule has 0 radical (unpaired) electrons. The van der Waals surface area contributed by atoms with Crippen LogP contribution in [0.1, 0.15) is 24.5 Å². The highest BCUT2D eigenvalue weighted by Crippen LogP contribution is 2.14. The molecule has 1 aliphatic heterocycles. The molecular formula is C24H35N5O. The quantitative estimate of drug-likeness (QED) is 0.320. The zero-order valence-corrected chi connectivity index (χ0v) is 18.1. The number of ether oxygens (including phenoxy) is 1. The van der Waals surface area contributed by atoms with Gasteiger partial charge >= 0.3 is 0 Å². The summed E-state index contributed by atoms with van der Waals surface area (Å²) in [5.74, 6) is 0.874. The minimum Gasteiger partial charge on any atom is -0.385 e. The Morgan fingerprint density at radius 2 is 1.67 bits per heavy atom. The highest BCUT2D eigenvalue weighted by atomic mass is 16.5. The van der Waals surface area contributed by atoms with Crippen molar-refractivity contribution in [3.05, 3.63) is 65.7 Å². The Kier molecular flexibility index (Phi) is 9.50. The van der Waals surface area contributed by atoms with E-state index in [1.54, 1.807) is 0 Å². The first-order chi connectivity index (χ1) is 14.8. The number of anilines is 1. The third-order valence-electron chi connectivity index (χ3n) is 5.12. The van der Waals surface area contributed by atoms with Gasteiger partial charge in [0.15, 0.2) is 5.96 Å². The molecule has 0 aliphatic carbocycles. The van der Waals surface area contributed by atoms with Gasteiger partial charge in [0.25, 0.3) is 0 Å². The Hall–Kier alpha value is -2.57. The molecule has 1 aliphatic rings. The molecule has 30 heavy (non-hydrogen) atoms. The fourth-order valence-corrected chi connectivity index (χ4v) is 3.46. The lowest BCUT2D eigenvalue weighted by molar-refractivity contribution is 0.0341. The lowest BCUT2D eigenvalue weighted by Gasteiger charge is -2.27. The summed E-state index contributed by atoms with van der Waals surface area (Å²) < 4.78 is 5.47. The van der Waals surface area contributed by atoms with Gasteiger partial charge in [-0.1, -0.05) is 42.5 Å². The number of aliphatic imine (C=N–C) groups is 1. The van der Waals surface area contributed by atoms with Crippen LogP contribution in [0.4, 0.5) is 5.69 Å². The number of rotatable bonds is 10.